The summed E-state index contributed by atoms with van der Waals surface area (Å²) in [6.45, 7) is 5.58. The van der Waals surface area contributed by atoms with E-state index in [0.29, 0.717) is 13.1 Å². The number of nitrogens with zero attached hydrogens (tertiary/aromatic N) is 2. The van der Waals surface area contributed by atoms with Crippen LogP contribution in [0.25, 0.3) is 0 Å². The molecule has 150 valence electrons. The third kappa shape index (κ3) is 4.97. The number of nitrogens with one attached hydrogen (secondary N) is 1. The summed E-state index contributed by atoms with van der Waals surface area (Å²) < 4.78 is 30.6. The zero-order chi connectivity index (χ0) is 19.3. The lowest BCUT2D eigenvalue weighted by Gasteiger charge is -2.41. The van der Waals surface area contributed by atoms with Gasteiger partial charge in [0, 0.05) is 53.3 Å². The van der Waals surface area contributed by atoms with E-state index in [9.17, 15) is 4.39 Å². The molecule has 1 aromatic rings. The van der Waals surface area contributed by atoms with Crippen molar-refractivity contribution < 1.29 is 18.6 Å². The molecular formula is C20H30FN3O3. The average Bonchev–Trinajstić information content (AvgIpc) is 2.69. The summed E-state index contributed by atoms with van der Waals surface area (Å²) in [5.41, 5.74) is 0.754. The summed E-state index contributed by atoms with van der Waals surface area (Å²) in [5, 5.41) is 3.48. The predicted molar refractivity (Wildman–Crippen MR) is 102 cm³/mol. The van der Waals surface area contributed by atoms with E-state index in [1.54, 1.807) is 26.3 Å². The molecule has 3 rings (SSSR count). The van der Waals surface area contributed by atoms with Crippen LogP contribution < -0.4 is 5.32 Å². The maximum Gasteiger partial charge on any atom is 0.193 e. The van der Waals surface area contributed by atoms with E-state index < -0.39 is 0 Å². The first kappa shape index (κ1) is 20.0. The van der Waals surface area contributed by atoms with Crippen LogP contribution in [0.15, 0.2) is 29.3 Å². The van der Waals surface area contributed by atoms with Crippen molar-refractivity contribution in [3.8, 4) is 0 Å². The number of benzene rings is 1. The van der Waals surface area contributed by atoms with Crippen molar-refractivity contribution in [1.29, 1.82) is 0 Å². The van der Waals surface area contributed by atoms with E-state index in [1.807, 2.05) is 6.92 Å². The minimum absolute atomic E-state index is 0.0480. The number of rotatable bonds is 4. The van der Waals surface area contributed by atoms with Crippen LogP contribution in [0, 0.1) is 5.82 Å². The predicted octanol–water partition coefficient (Wildman–Crippen LogP) is 2.36. The Bertz CT molecular complexity index is 632. The smallest absolute Gasteiger partial charge is 0.193 e. The Morgan fingerprint density at radius 1 is 1.30 bits per heavy atom. The Labute approximate surface area is 160 Å². The van der Waals surface area contributed by atoms with Crippen LogP contribution in [0.1, 0.15) is 31.4 Å². The van der Waals surface area contributed by atoms with E-state index in [2.05, 4.69) is 15.2 Å². The number of aliphatic imine (C=N–C) groups is 1. The third-order valence-electron chi connectivity index (χ3n) is 5.42. The second kappa shape index (κ2) is 8.99. The standard InChI is InChI=1S/C20H30FN3O3/c1-15-12-24(13-18(27-15)16-4-6-17(21)7-5-16)19(22-2)23-14-20(25-3)8-10-26-11-9-20/h4-7,15,18H,8-14H2,1-3H3,(H,22,23). The summed E-state index contributed by atoms with van der Waals surface area (Å²) in [4.78, 5) is 6.67. The molecule has 7 heteroatoms. The number of halogens is 1. The number of guanidine groups is 1. The molecule has 0 radical (unpaired) electrons. The lowest BCUT2D eigenvalue weighted by Crippen LogP contribution is -2.55. The van der Waals surface area contributed by atoms with Crippen LogP contribution >= 0.6 is 0 Å². The SMILES string of the molecule is CN=C(NCC1(OC)CCOCC1)N1CC(C)OC(c2ccc(F)cc2)C1. The summed E-state index contributed by atoms with van der Waals surface area (Å²) in [5.74, 6) is 0.596. The van der Waals surface area contributed by atoms with Crippen molar-refractivity contribution in [2.45, 2.75) is 37.6 Å². The van der Waals surface area contributed by atoms with Gasteiger partial charge in [-0.2, -0.15) is 0 Å². The molecule has 2 heterocycles. The summed E-state index contributed by atoms with van der Waals surface area (Å²) in [7, 11) is 3.55. The molecule has 27 heavy (non-hydrogen) atoms. The first-order chi connectivity index (χ1) is 13.0. The van der Waals surface area contributed by atoms with Gasteiger partial charge in [-0.25, -0.2) is 4.39 Å². The number of methoxy groups -OCH3 is 1. The largest absolute Gasteiger partial charge is 0.381 e. The molecule has 2 saturated heterocycles. The van der Waals surface area contributed by atoms with Crippen LogP contribution in [0.2, 0.25) is 0 Å². The molecule has 0 aliphatic carbocycles. The molecule has 2 fully saturated rings. The van der Waals surface area contributed by atoms with Gasteiger partial charge in [0.2, 0.25) is 0 Å². The Balaban J connectivity index is 1.66. The fraction of sp³-hybridized carbons (Fsp3) is 0.650. The lowest BCUT2D eigenvalue weighted by molar-refractivity contribution is -0.0867. The van der Waals surface area contributed by atoms with Gasteiger partial charge >= 0.3 is 0 Å². The number of hydrogen-bond acceptors (Lipinski definition) is 4. The first-order valence-electron chi connectivity index (χ1n) is 9.55. The zero-order valence-corrected chi connectivity index (χ0v) is 16.4. The lowest BCUT2D eigenvalue weighted by atomic mass is 9.94. The molecule has 0 bridgehead atoms. The second-order valence-electron chi connectivity index (χ2n) is 7.29. The number of hydrogen-bond donors (Lipinski definition) is 1. The van der Waals surface area contributed by atoms with E-state index in [4.69, 9.17) is 14.2 Å². The summed E-state index contributed by atoms with van der Waals surface area (Å²) >= 11 is 0. The molecule has 2 aliphatic heterocycles. The third-order valence-corrected chi connectivity index (χ3v) is 5.42. The topological polar surface area (TPSA) is 55.3 Å². The minimum atomic E-state index is -0.238. The van der Waals surface area contributed by atoms with E-state index in [1.165, 1.54) is 12.1 Å². The molecular weight excluding hydrogens is 349 g/mol. The van der Waals surface area contributed by atoms with Crippen molar-refractivity contribution in [1.82, 2.24) is 10.2 Å². The summed E-state index contributed by atoms with van der Waals surface area (Å²) in [6, 6.07) is 6.52. The highest BCUT2D eigenvalue weighted by Gasteiger charge is 2.34. The Morgan fingerprint density at radius 2 is 2.00 bits per heavy atom. The van der Waals surface area contributed by atoms with Crippen LogP contribution in [-0.2, 0) is 14.2 Å². The number of morpholine rings is 1. The van der Waals surface area contributed by atoms with E-state index in [0.717, 1.165) is 44.1 Å². The van der Waals surface area contributed by atoms with Gasteiger partial charge in [-0.05, 0) is 24.6 Å². The first-order valence-corrected chi connectivity index (χ1v) is 9.55. The molecule has 0 spiro atoms. The van der Waals surface area contributed by atoms with Gasteiger partial charge in [0.05, 0.1) is 18.2 Å². The fourth-order valence-corrected chi connectivity index (χ4v) is 3.75. The maximum atomic E-state index is 13.2. The summed E-state index contributed by atoms with van der Waals surface area (Å²) in [6.07, 6.45) is 1.66. The van der Waals surface area contributed by atoms with Crippen molar-refractivity contribution in [2.75, 3.05) is 47.0 Å². The van der Waals surface area contributed by atoms with Crippen LogP contribution in [0.3, 0.4) is 0 Å². The quantitative estimate of drug-likeness (QED) is 0.643. The van der Waals surface area contributed by atoms with Crippen molar-refractivity contribution in [2.24, 2.45) is 4.99 Å². The molecule has 2 aliphatic rings. The van der Waals surface area contributed by atoms with Crippen molar-refractivity contribution in [3.05, 3.63) is 35.6 Å². The van der Waals surface area contributed by atoms with Crippen molar-refractivity contribution in [3.63, 3.8) is 0 Å². The van der Waals surface area contributed by atoms with Gasteiger partial charge in [-0.15, -0.1) is 0 Å². The highest BCUT2D eigenvalue weighted by molar-refractivity contribution is 5.80. The molecule has 2 unspecified atom stereocenters. The van der Waals surface area contributed by atoms with Crippen molar-refractivity contribution >= 4 is 5.96 Å². The monoisotopic (exact) mass is 379 g/mol. The molecule has 0 aromatic heterocycles. The fourth-order valence-electron chi connectivity index (χ4n) is 3.75. The maximum absolute atomic E-state index is 13.2. The highest BCUT2D eigenvalue weighted by atomic mass is 19.1. The number of ether oxygens (including phenoxy) is 3. The zero-order valence-electron chi connectivity index (χ0n) is 16.4. The molecule has 2 atom stereocenters. The molecule has 1 N–H and O–H groups in total. The van der Waals surface area contributed by atoms with E-state index >= 15 is 0 Å². The van der Waals surface area contributed by atoms with Gasteiger partial charge in [-0.3, -0.25) is 4.99 Å². The second-order valence-corrected chi connectivity index (χ2v) is 7.29. The van der Waals surface area contributed by atoms with Gasteiger partial charge < -0.3 is 24.4 Å². The minimum Gasteiger partial charge on any atom is -0.381 e. The molecule has 1 aromatic carbocycles. The van der Waals surface area contributed by atoms with Gasteiger partial charge in [0.25, 0.3) is 0 Å². The normalized spacial score (nSPS) is 26.1. The van der Waals surface area contributed by atoms with Crippen LogP contribution in [0.5, 0.6) is 0 Å². The molecule has 6 nitrogen and oxygen atoms in total. The van der Waals surface area contributed by atoms with E-state index in [-0.39, 0.29) is 23.6 Å². The Morgan fingerprint density at radius 3 is 2.63 bits per heavy atom. The Kier molecular flexibility index (Phi) is 6.68. The van der Waals surface area contributed by atoms with Gasteiger partial charge in [-0.1, -0.05) is 12.1 Å². The average molecular weight is 379 g/mol. The molecule has 0 amide bonds. The van der Waals surface area contributed by atoms with Gasteiger partial charge in [0.1, 0.15) is 11.9 Å². The molecule has 0 saturated carbocycles. The van der Waals surface area contributed by atoms with Crippen LogP contribution in [-0.4, -0.2) is 69.6 Å². The van der Waals surface area contributed by atoms with Gasteiger partial charge in [0.15, 0.2) is 5.96 Å². The Hall–Kier alpha value is -1.70. The highest BCUT2D eigenvalue weighted by Crippen LogP contribution is 2.26. The van der Waals surface area contributed by atoms with Crippen LogP contribution in [0.4, 0.5) is 4.39 Å².